The zero-order valence-electron chi connectivity index (χ0n) is 13.7. The molecule has 1 aromatic heterocycles. The van der Waals surface area contributed by atoms with Gasteiger partial charge in [-0.25, -0.2) is 9.97 Å². The lowest BCUT2D eigenvalue weighted by molar-refractivity contribution is 0.438. The Kier molecular flexibility index (Phi) is 3.33. The summed E-state index contributed by atoms with van der Waals surface area (Å²) >= 11 is 6.54. The van der Waals surface area contributed by atoms with Crippen LogP contribution in [0.3, 0.4) is 0 Å². The van der Waals surface area contributed by atoms with Crippen molar-refractivity contribution in [2.24, 2.45) is 0 Å². The van der Waals surface area contributed by atoms with Crippen molar-refractivity contribution >= 4 is 28.2 Å². The number of aromatic nitrogens is 2. The van der Waals surface area contributed by atoms with E-state index in [1.54, 1.807) is 0 Å². The second-order valence-electron chi connectivity index (χ2n) is 6.24. The van der Waals surface area contributed by atoms with Gasteiger partial charge in [-0.05, 0) is 17.0 Å². The molecule has 1 unspecified atom stereocenters. The quantitative estimate of drug-likeness (QED) is 0.449. The molecule has 126 valence electrons. The fraction of sp³-hybridized carbons (Fsp3) is 0.0476. The third-order valence-corrected chi connectivity index (χ3v) is 5.15. The summed E-state index contributed by atoms with van der Waals surface area (Å²) in [6, 6.07) is 20.1. The first-order valence-electron chi connectivity index (χ1n) is 8.28. The first-order chi connectivity index (χ1) is 12.7. The Balaban J connectivity index is 1.87. The van der Waals surface area contributed by atoms with Crippen molar-refractivity contribution in [3.63, 3.8) is 0 Å². The van der Waals surface area contributed by atoms with Crippen LogP contribution in [-0.2, 0) is 0 Å². The Bertz CT molecular complexity index is 1160. The minimum Gasteiger partial charge on any atom is -0.438 e. The molecule has 1 atom stereocenters. The van der Waals surface area contributed by atoms with Gasteiger partial charge >= 0.3 is 0 Å². The fourth-order valence-electron chi connectivity index (χ4n) is 3.63. The Morgan fingerprint density at radius 1 is 0.885 bits per heavy atom. The molecule has 1 aliphatic rings. The summed E-state index contributed by atoms with van der Waals surface area (Å²) < 4.78 is 6.19. The normalized spacial score (nSPS) is 15.2. The fourth-order valence-corrected chi connectivity index (χ4v) is 3.88. The average molecular weight is 360 g/mol. The van der Waals surface area contributed by atoms with Crippen molar-refractivity contribution in [1.82, 2.24) is 9.97 Å². The predicted molar refractivity (Wildman–Crippen MR) is 103 cm³/mol. The van der Waals surface area contributed by atoms with Crippen LogP contribution in [0, 0.1) is 0 Å². The molecular weight excluding hydrogens is 346 g/mol. The molecule has 26 heavy (non-hydrogen) atoms. The van der Waals surface area contributed by atoms with Crippen molar-refractivity contribution < 1.29 is 4.74 Å². The summed E-state index contributed by atoms with van der Waals surface area (Å²) in [7, 11) is 0. The molecule has 2 heterocycles. The molecule has 0 saturated carbocycles. The van der Waals surface area contributed by atoms with E-state index in [4.69, 9.17) is 22.1 Å². The van der Waals surface area contributed by atoms with E-state index in [0.717, 1.165) is 33.2 Å². The standard InChI is InChI=1S/C21H14ClN3O/c22-16-8-4-3-7-14(16)17-15-10-9-12-5-1-2-6-13(12)19(15)26-21-18(17)20(23)24-11-25-21/h1-11,17H,(H2,23,24,25). The highest BCUT2D eigenvalue weighted by atomic mass is 35.5. The molecule has 0 spiro atoms. The average Bonchev–Trinajstić information content (AvgIpc) is 2.67. The van der Waals surface area contributed by atoms with Crippen molar-refractivity contribution in [3.05, 3.63) is 88.7 Å². The molecule has 0 aliphatic carbocycles. The summed E-state index contributed by atoms with van der Waals surface area (Å²) in [6.45, 7) is 0. The van der Waals surface area contributed by atoms with Crippen LogP contribution in [0.1, 0.15) is 22.6 Å². The number of anilines is 1. The number of nitrogens with two attached hydrogens (primary N) is 1. The number of rotatable bonds is 1. The van der Waals surface area contributed by atoms with Crippen LogP contribution >= 0.6 is 11.6 Å². The molecule has 0 saturated heterocycles. The van der Waals surface area contributed by atoms with Crippen LogP contribution in [0.2, 0.25) is 5.02 Å². The number of fused-ring (bicyclic) bond motifs is 4. The second-order valence-corrected chi connectivity index (χ2v) is 6.65. The molecule has 0 bridgehead atoms. The van der Waals surface area contributed by atoms with Gasteiger partial charge in [-0.15, -0.1) is 0 Å². The van der Waals surface area contributed by atoms with Crippen LogP contribution in [0.5, 0.6) is 11.6 Å². The highest BCUT2D eigenvalue weighted by Gasteiger charge is 2.34. The number of nitrogens with zero attached hydrogens (tertiary/aromatic N) is 2. The highest BCUT2D eigenvalue weighted by Crippen LogP contribution is 2.51. The summed E-state index contributed by atoms with van der Waals surface area (Å²) in [5, 5.41) is 2.81. The van der Waals surface area contributed by atoms with Crippen molar-refractivity contribution in [2.75, 3.05) is 5.73 Å². The van der Waals surface area contributed by atoms with Gasteiger partial charge < -0.3 is 10.5 Å². The Morgan fingerprint density at radius 3 is 2.58 bits per heavy atom. The lowest BCUT2D eigenvalue weighted by Crippen LogP contribution is -2.16. The molecule has 3 aromatic carbocycles. The van der Waals surface area contributed by atoms with Crippen molar-refractivity contribution in [3.8, 4) is 11.6 Å². The van der Waals surface area contributed by atoms with Crippen LogP contribution in [-0.4, -0.2) is 9.97 Å². The van der Waals surface area contributed by atoms with E-state index >= 15 is 0 Å². The molecule has 1 aliphatic heterocycles. The first-order valence-corrected chi connectivity index (χ1v) is 8.66. The Labute approximate surface area is 155 Å². The third-order valence-electron chi connectivity index (χ3n) is 4.80. The van der Waals surface area contributed by atoms with Gasteiger partial charge in [0, 0.05) is 21.9 Å². The van der Waals surface area contributed by atoms with E-state index in [2.05, 4.69) is 28.2 Å². The zero-order valence-corrected chi connectivity index (χ0v) is 14.4. The zero-order chi connectivity index (χ0) is 17.7. The van der Waals surface area contributed by atoms with Crippen LogP contribution in [0.15, 0.2) is 67.0 Å². The largest absolute Gasteiger partial charge is 0.438 e. The van der Waals surface area contributed by atoms with Gasteiger partial charge in [0.25, 0.3) is 0 Å². The van der Waals surface area contributed by atoms with E-state index in [-0.39, 0.29) is 5.92 Å². The van der Waals surface area contributed by atoms with Gasteiger partial charge in [-0.1, -0.05) is 66.2 Å². The van der Waals surface area contributed by atoms with Gasteiger partial charge in [0.2, 0.25) is 5.88 Å². The molecular formula is C21H14ClN3O. The lowest BCUT2D eigenvalue weighted by atomic mass is 9.82. The molecule has 5 rings (SSSR count). The smallest absolute Gasteiger partial charge is 0.228 e. The van der Waals surface area contributed by atoms with Gasteiger partial charge in [0.1, 0.15) is 17.9 Å². The molecule has 0 fully saturated rings. The van der Waals surface area contributed by atoms with E-state index in [1.807, 2.05) is 42.5 Å². The van der Waals surface area contributed by atoms with E-state index < -0.39 is 0 Å². The maximum atomic E-state index is 6.54. The molecule has 4 aromatic rings. The first kappa shape index (κ1) is 15.2. The number of ether oxygens (including phenoxy) is 1. The van der Waals surface area contributed by atoms with E-state index in [1.165, 1.54) is 6.33 Å². The highest BCUT2D eigenvalue weighted by molar-refractivity contribution is 6.31. The van der Waals surface area contributed by atoms with Crippen molar-refractivity contribution in [2.45, 2.75) is 5.92 Å². The molecule has 4 nitrogen and oxygen atoms in total. The number of halogens is 1. The maximum Gasteiger partial charge on any atom is 0.228 e. The number of hydrogen-bond acceptors (Lipinski definition) is 4. The molecule has 2 N–H and O–H groups in total. The summed E-state index contributed by atoms with van der Waals surface area (Å²) in [6.07, 6.45) is 1.42. The SMILES string of the molecule is Nc1ncnc2c1C(c1ccccc1Cl)c1ccc3ccccc3c1O2. The van der Waals surface area contributed by atoms with Crippen LogP contribution < -0.4 is 10.5 Å². The minimum absolute atomic E-state index is 0.187. The molecule has 0 amide bonds. The van der Waals surface area contributed by atoms with E-state index in [9.17, 15) is 0 Å². The number of hydrogen-bond donors (Lipinski definition) is 1. The maximum absolute atomic E-state index is 6.54. The summed E-state index contributed by atoms with van der Waals surface area (Å²) in [5.41, 5.74) is 8.93. The number of benzene rings is 3. The van der Waals surface area contributed by atoms with Crippen LogP contribution in [0.4, 0.5) is 5.82 Å². The monoisotopic (exact) mass is 359 g/mol. The van der Waals surface area contributed by atoms with Gasteiger partial charge in [-0.2, -0.15) is 0 Å². The number of nitrogen functional groups attached to an aromatic ring is 1. The summed E-state index contributed by atoms with van der Waals surface area (Å²) in [4.78, 5) is 8.51. The van der Waals surface area contributed by atoms with Crippen molar-refractivity contribution in [1.29, 1.82) is 0 Å². The Hall–Kier alpha value is -3.11. The van der Waals surface area contributed by atoms with Gasteiger partial charge in [0.05, 0.1) is 5.56 Å². The molecule has 5 heteroatoms. The third kappa shape index (κ3) is 2.16. The van der Waals surface area contributed by atoms with Gasteiger partial charge in [-0.3, -0.25) is 0 Å². The minimum atomic E-state index is -0.187. The van der Waals surface area contributed by atoms with E-state index in [0.29, 0.717) is 16.7 Å². The topological polar surface area (TPSA) is 61.0 Å². The lowest BCUT2D eigenvalue weighted by Gasteiger charge is -2.29. The molecule has 0 radical (unpaired) electrons. The van der Waals surface area contributed by atoms with Crippen LogP contribution in [0.25, 0.3) is 10.8 Å². The summed E-state index contributed by atoms with van der Waals surface area (Å²) in [5.74, 6) is 1.48. The predicted octanol–water partition coefficient (Wildman–Crippen LogP) is 5.15. The van der Waals surface area contributed by atoms with Gasteiger partial charge in [0.15, 0.2) is 0 Å². The second kappa shape index (κ2) is 5.71. The Morgan fingerprint density at radius 2 is 1.69 bits per heavy atom.